The fraction of sp³-hybridized carbons (Fsp3) is 0.333. The number of thioether (sulfide) groups is 1. The number of carboxylic acids is 1. The van der Waals surface area contributed by atoms with Crippen molar-refractivity contribution in [2.75, 3.05) is 5.75 Å². The first-order chi connectivity index (χ1) is 6.61. The van der Waals surface area contributed by atoms with Gasteiger partial charge in [0.2, 0.25) is 0 Å². The summed E-state index contributed by atoms with van der Waals surface area (Å²) < 4.78 is 0.954. The van der Waals surface area contributed by atoms with E-state index in [2.05, 4.69) is 20.9 Å². The van der Waals surface area contributed by atoms with Crippen LogP contribution < -0.4 is 0 Å². The normalized spacial score (nSPS) is 10.1. The number of carbonyl (C=O) groups is 1. The zero-order valence-corrected chi connectivity index (χ0v) is 10.1. The maximum Gasteiger partial charge on any atom is 0.304 e. The Hall–Kier alpha value is -0.550. The molecule has 1 aromatic rings. The molecule has 76 valence electrons. The van der Waals surface area contributed by atoms with E-state index in [1.165, 1.54) is 11.8 Å². The van der Waals surface area contributed by atoms with Crippen molar-refractivity contribution in [1.29, 1.82) is 0 Å². The van der Waals surface area contributed by atoms with Crippen molar-refractivity contribution in [3.63, 3.8) is 0 Å². The van der Waals surface area contributed by atoms with Crippen LogP contribution in [0.5, 0.6) is 0 Å². The molecule has 0 fully saturated rings. The third-order valence-corrected chi connectivity index (χ3v) is 3.86. The van der Waals surface area contributed by atoms with Gasteiger partial charge in [-0.15, -0.1) is 11.8 Å². The minimum atomic E-state index is -0.777. The lowest BCUT2D eigenvalue weighted by Gasteiger charge is -2.03. The molecule has 0 atom stereocenters. The molecule has 0 amide bonds. The Bertz CT molecular complexity index is 344. The quantitative estimate of drug-likeness (QED) is 0.859. The SMILES string of the molecule is Cc1ccnc(SCCC(=O)O)c1Br. The third-order valence-electron chi connectivity index (χ3n) is 1.61. The molecule has 0 aliphatic heterocycles. The van der Waals surface area contributed by atoms with E-state index in [1.54, 1.807) is 6.20 Å². The average Bonchev–Trinajstić information content (AvgIpc) is 2.12. The van der Waals surface area contributed by atoms with E-state index in [0.717, 1.165) is 15.1 Å². The molecule has 1 heterocycles. The number of rotatable bonds is 4. The van der Waals surface area contributed by atoms with E-state index in [9.17, 15) is 4.79 Å². The standard InChI is InChI=1S/C9H10BrNO2S/c1-6-2-4-11-9(8(6)10)14-5-3-7(12)13/h2,4H,3,5H2,1H3,(H,12,13). The van der Waals surface area contributed by atoms with Gasteiger partial charge in [0.05, 0.1) is 10.9 Å². The van der Waals surface area contributed by atoms with Crippen LogP contribution in [0.4, 0.5) is 0 Å². The lowest BCUT2D eigenvalue weighted by molar-refractivity contribution is -0.136. The van der Waals surface area contributed by atoms with Gasteiger partial charge in [-0.2, -0.15) is 0 Å². The molecule has 14 heavy (non-hydrogen) atoms. The first kappa shape index (κ1) is 11.5. The van der Waals surface area contributed by atoms with Crippen molar-refractivity contribution in [3.8, 4) is 0 Å². The summed E-state index contributed by atoms with van der Waals surface area (Å²) in [4.78, 5) is 14.5. The number of hydrogen-bond donors (Lipinski definition) is 1. The lowest BCUT2D eigenvalue weighted by atomic mass is 10.3. The number of pyridine rings is 1. The first-order valence-electron chi connectivity index (χ1n) is 4.07. The summed E-state index contributed by atoms with van der Waals surface area (Å²) in [5.74, 6) is -0.231. The average molecular weight is 276 g/mol. The monoisotopic (exact) mass is 275 g/mol. The van der Waals surface area contributed by atoms with Crippen LogP contribution in [0.1, 0.15) is 12.0 Å². The first-order valence-corrected chi connectivity index (χ1v) is 5.85. The van der Waals surface area contributed by atoms with Gasteiger partial charge >= 0.3 is 5.97 Å². The molecule has 0 saturated carbocycles. The van der Waals surface area contributed by atoms with Crippen LogP contribution in [-0.4, -0.2) is 21.8 Å². The van der Waals surface area contributed by atoms with Crippen LogP contribution in [0.25, 0.3) is 0 Å². The molecule has 0 bridgehead atoms. The Morgan fingerprint density at radius 2 is 2.43 bits per heavy atom. The summed E-state index contributed by atoms with van der Waals surface area (Å²) in [6.45, 7) is 1.98. The van der Waals surface area contributed by atoms with Gasteiger partial charge in [0.15, 0.2) is 0 Å². The van der Waals surface area contributed by atoms with Gasteiger partial charge in [-0.05, 0) is 34.5 Å². The van der Waals surface area contributed by atoms with Gasteiger partial charge in [0, 0.05) is 11.9 Å². The van der Waals surface area contributed by atoms with Crippen LogP contribution in [0.3, 0.4) is 0 Å². The van der Waals surface area contributed by atoms with Crippen LogP contribution in [0.2, 0.25) is 0 Å². The van der Waals surface area contributed by atoms with Gasteiger partial charge in [-0.1, -0.05) is 0 Å². The van der Waals surface area contributed by atoms with Crippen molar-refractivity contribution < 1.29 is 9.90 Å². The van der Waals surface area contributed by atoms with Gasteiger partial charge in [0.25, 0.3) is 0 Å². The number of nitrogens with zero attached hydrogens (tertiary/aromatic N) is 1. The summed E-state index contributed by atoms with van der Waals surface area (Å²) in [6.07, 6.45) is 1.88. The van der Waals surface area contributed by atoms with Crippen LogP contribution in [0, 0.1) is 6.92 Å². The van der Waals surface area contributed by atoms with Gasteiger partial charge in [-0.3, -0.25) is 4.79 Å². The number of aliphatic carboxylic acids is 1. The number of aryl methyl sites for hydroxylation is 1. The molecule has 0 unspecified atom stereocenters. The van der Waals surface area contributed by atoms with Crippen molar-refractivity contribution in [3.05, 3.63) is 22.3 Å². The van der Waals surface area contributed by atoms with Crippen LogP contribution in [0.15, 0.2) is 21.8 Å². The highest BCUT2D eigenvalue weighted by molar-refractivity contribution is 9.10. The van der Waals surface area contributed by atoms with Crippen molar-refractivity contribution >= 4 is 33.7 Å². The second-order valence-corrected chi connectivity index (χ2v) is 4.62. The molecule has 0 aromatic carbocycles. The highest BCUT2D eigenvalue weighted by Crippen LogP contribution is 2.27. The van der Waals surface area contributed by atoms with Crippen LogP contribution in [-0.2, 0) is 4.79 Å². The Balaban J connectivity index is 2.59. The highest BCUT2D eigenvalue weighted by Gasteiger charge is 2.05. The summed E-state index contributed by atoms with van der Waals surface area (Å²) >= 11 is 4.87. The zero-order valence-electron chi connectivity index (χ0n) is 7.66. The summed E-state index contributed by atoms with van der Waals surface area (Å²) in [6, 6.07) is 1.91. The van der Waals surface area contributed by atoms with Crippen molar-refractivity contribution in [2.24, 2.45) is 0 Å². The van der Waals surface area contributed by atoms with E-state index >= 15 is 0 Å². The molecule has 3 nitrogen and oxygen atoms in total. The third kappa shape index (κ3) is 3.31. The van der Waals surface area contributed by atoms with E-state index in [0.29, 0.717) is 5.75 Å². The topological polar surface area (TPSA) is 50.2 Å². The van der Waals surface area contributed by atoms with E-state index in [-0.39, 0.29) is 6.42 Å². The number of hydrogen-bond acceptors (Lipinski definition) is 3. The van der Waals surface area contributed by atoms with E-state index < -0.39 is 5.97 Å². The highest BCUT2D eigenvalue weighted by atomic mass is 79.9. The molecule has 0 radical (unpaired) electrons. The Morgan fingerprint density at radius 3 is 3.07 bits per heavy atom. The predicted octanol–water partition coefficient (Wildman–Crippen LogP) is 2.72. The minimum absolute atomic E-state index is 0.159. The zero-order chi connectivity index (χ0) is 10.6. The molecule has 0 saturated heterocycles. The molecule has 1 rings (SSSR count). The van der Waals surface area contributed by atoms with Gasteiger partial charge in [0.1, 0.15) is 5.03 Å². The second-order valence-electron chi connectivity index (χ2n) is 2.74. The molecule has 5 heteroatoms. The van der Waals surface area contributed by atoms with E-state index in [4.69, 9.17) is 5.11 Å². The lowest BCUT2D eigenvalue weighted by Crippen LogP contribution is -1.96. The van der Waals surface area contributed by atoms with E-state index in [1.807, 2.05) is 13.0 Å². The molecule has 0 aliphatic carbocycles. The summed E-state index contributed by atoms with van der Waals surface area (Å²) in [7, 11) is 0. The van der Waals surface area contributed by atoms with Crippen LogP contribution >= 0.6 is 27.7 Å². The van der Waals surface area contributed by atoms with Crippen molar-refractivity contribution in [2.45, 2.75) is 18.4 Å². The smallest absolute Gasteiger partial charge is 0.304 e. The molecule has 1 N–H and O–H groups in total. The fourth-order valence-electron chi connectivity index (χ4n) is 0.851. The molecular weight excluding hydrogens is 266 g/mol. The summed E-state index contributed by atoms with van der Waals surface area (Å²) in [5, 5.41) is 9.32. The Kier molecular flexibility index (Phi) is 4.41. The number of aromatic nitrogens is 1. The van der Waals surface area contributed by atoms with Gasteiger partial charge < -0.3 is 5.11 Å². The Morgan fingerprint density at radius 1 is 1.71 bits per heavy atom. The van der Waals surface area contributed by atoms with Gasteiger partial charge in [-0.25, -0.2) is 4.98 Å². The maximum atomic E-state index is 10.3. The molecular formula is C9H10BrNO2S. The molecule has 0 spiro atoms. The predicted molar refractivity (Wildman–Crippen MR) is 59.7 cm³/mol. The minimum Gasteiger partial charge on any atom is -0.481 e. The van der Waals surface area contributed by atoms with Crippen molar-refractivity contribution in [1.82, 2.24) is 4.98 Å². The number of carboxylic acid groups (broad SMARTS) is 1. The maximum absolute atomic E-state index is 10.3. The Labute approximate surface area is 95.1 Å². The molecule has 0 aliphatic rings. The fourth-order valence-corrected chi connectivity index (χ4v) is 2.32. The molecule has 1 aromatic heterocycles. The second kappa shape index (κ2) is 5.36. The summed E-state index contributed by atoms with van der Waals surface area (Å²) in [5.41, 5.74) is 1.11. The largest absolute Gasteiger partial charge is 0.481 e. The number of halogens is 1.